The molecule has 2 rings (SSSR count). The Kier molecular flexibility index (Phi) is 2.85. The van der Waals surface area contributed by atoms with Gasteiger partial charge in [0.2, 0.25) is 0 Å². The van der Waals surface area contributed by atoms with Gasteiger partial charge in [0, 0.05) is 13.1 Å². The molecular formula is C11H12FNO2. The number of nitrogens with zero attached hydrogens (tertiary/aromatic N) is 1. The highest BCUT2D eigenvalue weighted by molar-refractivity contribution is 5.70. The lowest BCUT2D eigenvalue weighted by molar-refractivity contribution is 0.162. The third-order valence-electron chi connectivity index (χ3n) is 2.38. The maximum absolute atomic E-state index is 12.6. The van der Waals surface area contributed by atoms with E-state index in [0.717, 1.165) is 25.9 Å². The molecule has 3 nitrogen and oxygen atoms in total. The number of hydrogen-bond donors (Lipinski definition) is 0. The van der Waals surface area contributed by atoms with Crippen molar-refractivity contribution in [1.29, 1.82) is 0 Å². The van der Waals surface area contributed by atoms with E-state index in [1.165, 1.54) is 24.3 Å². The number of benzene rings is 1. The summed E-state index contributed by atoms with van der Waals surface area (Å²) in [5, 5.41) is 0. The molecule has 1 aliphatic rings. The maximum Gasteiger partial charge on any atom is 0.415 e. The van der Waals surface area contributed by atoms with Gasteiger partial charge < -0.3 is 9.64 Å². The number of amides is 1. The molecule has 80 valence electrons. The van der Waals surface area contributed by atoms with Gasteiger partial charge in [-0.25, -0.2) is 9.18 Å². The Labute approximate surface area is 87.5 Å². The lowest BCUT2D eigenvalue weighted by Gasteiger charge is -2.14. The first-order valence-electron chi connectivity index (χ1n) is 4.98. The zero-order valence-electron chi connectivity index (χ0n) is 8.28. The monoisotopic (exact) mass is 209 g/mol. The van der Waals surface area contributed by atoms with Crippen molar-refractivity contribution in [3.8, 4) is 5.75 Å². The highest BCUT2D eigenvalue weighted by atomic mass is 19.1. The highest BCUT2D eigenvalue weighted by Gasteiger charge is 2.19. The van der Waals surface area contributed by atoms with Crippen LogP contribution in [0.1, 0.15) is 12.8 Å². The normalized spacial score (nSPS) is 15.4. The lowest BCUT2D eigenvalue weighted by atomic mass is 10.3. The first kappa shape index (κ1) is 9.96. The highest BCUT2D eigenvalue weighted by Crippen LogP contribution is 2.14. The fourth-order valence-corrected chi connectivity index (χ4v) is 1.57. The Balaban J connectivity index is 1.96. The minimum atomic E-state index is -0.348. The van der Waals surface area contributed by atoms with E-state index in [-0.39, 0.29) is 11.9 Å². The first-order chi connectivity index (χ1) is 7.25. The van der Waals surface area contributed by atoms with Crippen molar-refractivity contribution in [1.82, 2.24) is 4.90 Å². The van der Waals surface area contributed by atoms with E-state index in [1.54, 1.807) is 4.90 Å². The molecule has 15 heavy (non-hydrogen) atoms. The fraction of sp³-hybridized carbons (Fsp3) is 0.364. The minimum absolute atomic E-state index is 0.337. The molecule has 1 aliphatic heterocycles. The summed E-state index contributed by atoms with van der Waals surface area (Å²) in [5.74, 6) is 0.0456. The van der Waals surface area contributed by atoms with E-state index in [4.69, 9.17) is 4.74 Å². The number of likely N-dealkylation sites (tertiary alicyclic amines) is 1. The topological polar surface area (TPSA) is 29.5 Å². The van der Waals surface area contributed by atoms with Crippen LogP contribution in [0.4, 0.5) is 9.18 Å². The first-order valence-corrected chi connectivity index (χ1v) is 4.98. The van der Waals surface area contributed by atoms with Crippen molar-refractivity contribution in [3.05, 3.63) is 30.1 Å². The zero-order valence-corrected chi connectivity index (χ0v) is 8.28. The van der Waals surface area contributed by atoms with Crippen molar-refractivity contribution in [2.24, 2.45) is 0 Å². The van der Waals surface area contributed by atoms with E-state index in [1.807, 2.05) is 0 Å². The molecule has 4 heteroatoms. The summed E-state index contributed by atoms with van der Waals surface area (Å²) >= 11 is 0. The predicted molar refractivity (Wildman–Crippen MR) is 53.2 cm³/mol. The second-order valence-electron chi connectivity index (χ2n) is 3.52. The van der Waals surface area contributed by atoms with Crippen LogP contribution in [-0.2, 0) is 0 Å². The smallest absolute Gasteiger partial charge is 0.410 e. The third-order valence-corrected chi connectivity index (χ3v) is 2.38. The second-order valence-corrected chi connectivity index (χ2v) is 3.52. The Morgan fingerprint density at radius 3 is 2.40 bits per heavy atom. The van der Waals surface area contributed by atoms with Gasteiger partial charge in [0.05, 0.1) is 0 Å². The Hall–Kier alpha value is -1.58. The molecule has 1 fully saturated rings. The zero-order chi connectivity index (χ0) is 10.7. The molecule has 0 saturated carbocycles. The summed E-state index contributed by atoms with van der Waals surface area (Å²) < 4.78 is 17.6. The molecule has 1 aromatic carbocycles. The van der Waals surface area contributed by atoms with Gasteiger partial charge in [0.15, 0.2) is 0 Å². The summed E-state index contributed by atoms with van der Waals surface area (Å²) in [4.78, 5) is 13.2. The molecule has 1 heterocycles. The van der Waals surface area contributed by atoms with Crippen LogP contribution in [0.25, 0.3) is 0 Å². The van der Waals surface area contributed by atoms with Crippen LogP contribution in [0.3, 0.4) is 0 Å². The molecule has 0 atom stereocenters. The van der Waals surface area contributed by atoms with Crippen molar-refractivity contribution < 1.29 is 13.9 Å². The number of halogens is 1. The lowest BCUT2D eigenvalue weighted by Crippen LogP contribution is -2.30. The number of hydrogen-bond acceptors (Lipinski definition) is 2. The van der Waals surface area contributed by atoms with Crippen molar-refractivity contribution in [2.75, 3.05) is 13.1 Å². The number of carbonyl (C=O) groups is 1. The molecule has 0 aliphatic carbocycles. The largest absolute Gasteiger partial charge is 0.415 e. The van der Waals surface area contributed by atoms with Gasteiger partial charge >= 0.3 is 6.09 Å². The van der Waals surface area contributed by atoms with Crippen LogP contribution in [0.15, 0.2) is 24.3 Å². The summed E-state index contributed by atoms with van der Waals surface area (Å²) in [5.41, 5.74) is 0. The van der Waals surface area contributed by atoms with Gasteiger partial charge in [-0.15, -0.1) is 0 Å². The van der Waals surface area contributed by atoms with Crippen molar-refractivity contribution in [3.63, 3.8) is 0 Å². The number of carbonyl (C=O) groups excluding carboxylic acids is 1. The molecule has 0 unspecified atom stereocenters. The quantitative estimate of drug-likeness (QED) is 0.710. The van der Waals surface area contributed by atoms with E-state index in [2.05, 4.69) is 0 Å². The maximum atomic E-state index is 12.6. The van der Waals surface area contributed by atoms with E-state index >= 15 is 0 Å². The second kappa shape index (κ2) is 4.29. The summed E-state index contributed by atoms with van der Waals surface area (Å²) in [6.45, 7) is 1.50. The fourth-order valence-electron chi connectivity index (χ4n) is 1.57. The van der Waals surface area contributed by atoms with E-state index in [9.17, 15) is 9.18 Å². The average Bonchev–Trinajstić information content (AvgIpc) is 2.74. The third kappa shape index (κ3) is 2.46. The van der Waals surface area contributed by atoms with E-state index < -0.39 is 0 Å². The molecule has 1 saturated heterocycles. The summed E-state index contributed by atoms with van der Waals surface area (Å²) in [6.07, 6.45) is 1.70. The summed E-state index contributed by atoms with van der Waals surface area (Å²) in [7, 11) is 0. The predicted octanol–water partition coefficient (Wildman–Crippen LogP) is 2.42. The van der Waals surface area contributed by atoms with Gasteiger partial charge in [-0.05, 0) is 37.1 Å². The van der Waals surface area contributed by atoms with Gasteiger partial charge in [-0.2, -0.15) is 0 Å². The van der Waals surface area contributed by atoms with Crippen molar-refractivity contribution in [2.45, 2.75) is 12.8 Å². The van der Waals surface area contributed by atoms with Crippen LogP contribution < -0.4 is 4.74 Å². The molecular weight excluding hydrogens is 197 g/mol. The van der Waals surface area contributed by atoms with Crippen LogP contribution in [-0.4, -0.2) is 24.1 Å². The van der Waals surface area contributed by atoms with Gasteiger partial charge in [-0.3, -0.25) is 0 Å². The molecule has 1 amide bonds. The Morgan fingerprint density at radius 2 is 1.80 bits per heavy atom. The van der Waals surface area contributed by atoms with E-state index in [0.29, 0.717) is 5.75 Å². The van der Waals surface area contributed by atoms with Crippen LogP contribution >= 0.6 is 0 Å². The van der Waals surface area contributed by atoms with Crippen molar-refractivity contribution >= 4 is 6.09 Å². The van der Waals surface area contributed by atoms with Crippen LogP contribution in [0.2, 0.25) is 0 Å². The SMILES string of the molecule is O=C(Oc1ccc(F)cc1)N1CCCC1. The molecule has 0 N–H and O–H groups in total. The average molecular weight is 209 g/mol. The molecule has 0 aromatic heterocycles. The van der Waals surface area contributed by atoms with Crippen LogP contribution in [0.5, 0.6) is 5.75 Å². The Bertz CT molecular complexity index is 344. The van der Waals surface area contributed by atoms with Gasteiger partial charge in [0.1, 0.15) is 11.6 Å². The number of rotatable bonds is 1. The molecule has 0 radical (unpaired) electrons. The molecule has 0 spiro atoms. The number of ether oxygens (including phenoxy) is 1. The van der Waals surface area contributed by atoms with Gasteiger partial charge in [-0.1, -0.05) is 0 Å². The van der Waals surface area contributed by atoms with Crippen LogP contribution in [0, 0.1) is 5.82 Å². The van der Waals surface area contributed by atoms with Gasteiger partial charge in [0.25, 0.3) is 0 Å². The Morgan fingerprint density at radius 1 is 1.20 bits per heavy atom. The molecule has 0 bridgehead atoms. The minimum Gasteiger partial charge on any atom is -0.410 e. The summed E-state index contributed by atoms with van der Waals surface area (Å²) in [6, 6.07) is 5.44. The standard InChI is InChI=1S/C11H12FNO2/c12-9-3-5-10(6-4-9)15-11(14)13-7-1-2-8-13/h3-6H,1-2,7-8H2. The molecule has 1 aromatic rings.